The Bertz CT molecular complexity index is 732. The maximum atomic E-state index is 13.2. The second kappa shape index (κ2) is 7.13. The van der Waals surface area contributed by atoms with E-state index in [2.05, 4.69) is 5.32 Å². The van der Waals surface area contributed by atoms with Crippen LogP contribution in [0.1, 0.15) is 29.3 Å². The first kappa shape index (κ1) is 16.6. The molecule has 1 saturated heterocycles. The lowest BCUT2D eigenvalue weighted by Crippen LogP contribution is -2.45. The second-order valence-electron chi connectivity index (χ2n) is 5.96. The van der Waals surface area contributed by atoms with Crippen molar-refractivity contribution in [3.05, 3.63) is 58.0 Å². The van der Waals surface area contributed by atoms with Gasteiger partial charge in [0.05, 0.1) is 12.0 Å². The van der Waals surface area contributed by atoms with Crippen LogP contribution in [0.4, 0.5) is 4.39 Å². The van der Waals surface area contributed by atoms with Crippen LogP contribution in [0, 0.1) is 11.7 Å². The second-order valence-corrected chi connectivity index (χ2v) is 6.94. The highest BCUT2D eigenvalue weighted by atomic mass is 32.1. The number of carbonyl (C=O) groups excluding carboxylic acids is 2. The van der Waals surface area contributed by atoms with Crippen LogP contribution in [0.25, 0.3) is 0 Å². The molecule has 0 saturated carbocycles. The van der Waals surface area contributed by atoms with Crippen molar-refractivity contribution in [1.29, 1.82) is 0 Å². The zero-order valence-corrected chi connectivity index (χ0v) is 14.2. The number of piperidine rings is 1. The summed E-state index contributed by atoms with van der Waals surface area (Å²) in [5.41, 5.74) is 0.719. The van der Waals surface area contributed by atoms with E-state index in [9.17, 15) is 14.0 Å². The van der Waals surface area contributed by atoms with Crippen molar-refractivity contribution < 1.29 is 14.0 Å². The van der Waals surface area contributed by atoms with Crippen molar-refractivity contribution in [3.63, 3.8) is 0 Å². The molecular formula is C18H19FN2O2S. The van der Waals surface area contributed by atoms with Crippen LogP contribution in [0.5, 0.6) is 0 Å². The molecule has 0 bridgehead atoms. The zero-order chi connectivity index (χ0) is 17.1. The Kier molecular flexibility index (Phi) is 4.94. The van der Waals surface area contributed by atoms with E-state index in [1.54, 1.807) is 35.4 Å². The van der Waals surface area contributed by atoms with Crippen LogP contribution < -0.4 is 5.32 Å². The maximum absolute atomic E-state index is 13.2. The maximum Gasteiger partial charge on any atom is 0.225 e. The Morgan fingerprint density at radius 3 is 2.92 bits per heavy atom. The summed E-state index contributed by atoms with van der Waals surface area (Å²) in [6.07, 6.45) is 0.900. The van der Waals surface area contributed by atoms with Gasteiger partial charge in [-0.2, -0.15) is 0 Å². The van der Waals surface area contributed by atoms with Gasteiger partial charge in [0.25, 0.3) is 0 Å². The first-order valence-corrected chi connectivity index (χ1v) is 8.75. The molecule has 0 spiro atoms. The minimum Gasteiger partial charge on any atom is -0.352 e. The number of nitrogens with one attached hydrogen (secondary N) is 1. The number of amides is 2. The molecule has 1 aliphatic rings. The van der Waals surface area contributed by atoms with E-state index in [1.807, 2.05) is 17.5 Å². The third-order valence-corrected chi connectivity index (χ3v) is 5.33. The summed E-state index contributed by atoms with van der Waals surface area (Å²) in [5, 5.41) is 4.83. The van der Waals surface area contributed by atoms with Gasteiger partial charge in [-0.1, -0.05) is 18.2 Å². The van der Waals surface area contributed by atoms with E-state index >= 15 is 0 Å². The molecule has 6 heteroatoms. The molecule has 2 unspecified atom stereocenters. The quantitative estimate of drug-likeness (QED) is 0.925. The van der Waals surface area contributed by atoms with Gasteiger partial charge in [-0.25, -0.2) is 4.39 Å². The summed E-state index contributed by atoms with van der Waals surface area (Å²) in [5.74, 6) is -0.652. The Morgan fingerprint density at radius 1 is 1.38 bits per heavy atom. The van der Waals surface area contributed by atoms with E-state index in [-0.39, 0.29) is 36.1 Å². The monoisotopic (exact) mass is 346 g/mol. The first-order valence-electron chi connectivity index (χ1n) is 7.87. The normalized spacial score (nSPS) is 20.9. The number of thiophene rings is 1. The predicted molar refractivity (Wildman–Crippen MR) is 90.8 cm³/mol. The van der Waals surface area contributed by atoms with Crippen LogP contribution in [-0.4, -0.2) is 23.8 Å². The van der Waals surface area contributed by atoms with Gasteiger partial charge in [-0.15, -0.1) is 11.3 Å². The van der Waals surface area contributed by atoms with Crippen LogP contribution >= 0.6 is 11.3 Å². The fourth-order valence-corrected chi connectivity index (χ4v) is 4.06. The molecule has 2 aromatic rings. The van der Waals surface area contributed by atoms with Crippen molar-refractivity contribution in [2.75, 3.05) is 7.05 Å². The van der Waals surface area contributed by atoms with Gasteiger partial charge in [-0.3, -0.25) is 9.59 Å². The van der Waals surface area contributed by atoms with E-state index in [4.69, 9.17) is 0 Å². The largest absolute Gasteiger partial charge is 0.352 e. The van der Waals surface area contributed by atoms with Crippen LogP contribution in [0.15, 0.2) is 41.8 Å². The molecule has 24 heavy (non-hydrogen) atoms. The third kappa shape index (κ3) is 3.48. The molecule has 0 radical (unpaired) electrons. The molecule has 4 nitrogen and oxygen atoms in total. The fraction of sp³-hybridized carbons (Fsp3) is 0.333. The molecule has 3 rings (SSSR count). The van der Waals surface area contributed by atoms with E-state index in [0.717, 1.165) is 10.4 Å². The molecule has 1 fully saturated rings. The highest BCUT2D eigenvalue weighted by Gasteiger charge is 2.39. The van der Waals surface area contributed by atoms with Gasteiger partial charge in [0.2, 0.25) is 11.8 Å². The summed E-state index contributed by atoms with van der Waals surface area (Å²) in [4.78, 5) is 27.4. The van der Waals surface area contributed by atoms with Crippen molar-refractivity contribution in [1.82, 2.24) is 10.2 Å². The van der Waals surface area contributed by atoms with Gasteiger partial charge in [-0.05, 0) is 35.6 Å². The molecule has 1 N–H and O–H groups in total. The molecule has 1 aliphatic heterocycles. The molecule has 2 amide bonds. The Hall–Kier alpha value is -2.21. The Balaban J connectivity index is 1.73. The average Bonchev–Trinajstić information content (AvgIpc) is 3.09. The standard InChI is InChI=1S/C18H19FN2O2S/c1-21-16(22)8-7-14(17(21)15-6-3-9-24-15)18(23)20-11-12-4-2-5-13(19)10-12/h2-6,9-10,14,17H,7-8,11H2,1H3,(H,20,23). The van der Waals surface area contributed by atoms with E-state index in [0.29, 0.717) is 12.8 Å². The lowest BCUT2D eigenvalue weighted by molar-refractivity contribution is -0.141. The number of nitrogens with zero attached hydrogens (tertiary/aromatic N) is 1. The van der Waals surface area contributed by atoms with Crippen LogP contribution in [0.3, 0.4) is 0 Å². The molecule has 2 heterocycles. The topological polar surface area (TPSA) is 49.4 Å². The van der Waals surface area contributed by atoms with Gasteiger partial charge in [0, 0.05) is 24.9 Å². The van der Waals surface area contributed by atoms with E-state index < -0.39 is 0 Å². The summed E-state index contributed by atoms with van der Waals surface area (Å²) < 4.78 is 13.2. The zero-order valence-electron chi connectivity index (χ0n) is 13.4. The molecular weight excluding hydrogens is 327 g/mol. The Labute approximate surface area is 144 Å². The minimum absolute atomic E-state index is 0.0579. The molecule has 1 aromatic heterocycles. The van der Waals surface area contributed by atoms with Crippen molar-refractivity contribution in [2.24, 2.45) is 5.92 Å². The third-order valence-electron chi connectivity index (χ3n) is 4.39. The van der Waals surface area contributed by atoms with Gasteiger partial charge in [0.15, 0.2) is 0 Å². The minimum atomic E-state index is -0.318. The number of benzene rings is 1. The first-order chi connectivity index (χ1) is 11.6. The number of carbonyl (C=O) groups is 2. The summed E-state index contributed by atoms with van der Waals surface area (Å²) in [6, 6.07) is 9.83. The van der Waals surface area contributed by atoms with Gasteiger partial charge in [0.1, 0.15) is 5.82 Å². The lowest BCUT2D eigenvalue weighted by Gasteiger charge is -2.37. The smallest absolute Gasteiger partial charge is 0.225 e. The fourth-order valence-electron chi connectivity index (χ4n) is 3.13. The highest BCUT2D eigenvalue weighted by Crippen LogP contribution is 2.37. The van der Waals surface area contributed by atoms with Gasteiger partial charge < -0.3 is 10.2 Å². The van der Waals surface area contributed by atoms with Crippen molar-refractivity contribution in [2.45, 2.75) is 25.4 Å². The molecule has 1 aromatic carbocycles. The molecule has 0 aliphatic carbocycles. The lowest BCUT2D eigenvalue weighted by atomic mass is 9.87. The number of rotatable bonds is 4. The Morgan fingerprint density at radius 2 is 2.21 bits per heavy atom. The average molecular weight is 346 g/mol. The summed E-state index contributed by atoms with van der Waals surface area (Å²) >= 11 is 1.55. The van der Waals surface area contributed by atoms with Crippen molar-refractivity contribution >= 4 is 23.2 Å². The van der Waals surface area contributed by atoms with Crippen molar-refractivity contribution in [3.8, 4) is 0 Å². The SMILES string of the molecule is CN1C(=O)CCC(C(=O)NCc2cccc(F)c2)C1c1cccs1. The predicted octanol–water partition coefficient (Wildman–Crippen LogP) is 3.11. The summed E-state index contributed by atoms with van der Waals surface area (Å²) in [6.45, 7) is 0.280. The van der Waals surface area contributed by atoms with Crippen LogP contribution in [-0.2, 0) is 16.1 Å². The number of halogens is 1. The number of likely N-dealkylation sites (tertiary alicyclic amines) is 1. The molecule has 126 valence electrons. The summed E-state index contributed by atoms with van der Waals surface area (Å²) in [7, 11) is 1.75. The molecule has 2 atom stereocenters. The van der Waals surface area contributed by atoms with Crippen LogP contribution in [0.2, 0.25) is 0 Å². The highest BCUT2D eigenvalue weighted by molar-refractivity contribution is 7.10. The van der Waals surface area contributed by atoms with E-state index in [1.165, 1.54) is 12.1 Å². The number of hydrogen-bond acceptors (Lipinski definition) is 3. The number of hydrogen-bond donors (Lipinski definition) is 1. The van der Waals surface area contributed by atoms with Gasteiger partial charge >= 0.3 is 0 Å².